The van der Waals surface area contributed by atoms with Gasteiger partial charge in [-0.2, -0.15) is 0 Å². The number of amides is 2. The first kappa shape index (κ1) is 13.3. The molecule has 2 amide bonds. The number of carbonyl (C=O) groups excluding carboxylic acids is 2. The highest BCUT2D eigenvalue weighted by atomic mass is 16.6. The van der Waals surface area contributed by atoms with Gasteiger partial charge >= 0.3 is 12.0 Å². The van der Waals surface area contributed by atoms with E-state index in [-0.39, 0.29) is 18.6 Å². The summed E-state index contributed by atoms with van der Waals surface area (Å²) in [5.74, 6) is -0.352. The molecule has 96 valence electrons. The summed E-state index contributed by atoms with van der Waals surface area (Å²) in [7, 11) is 1.48. The number of urea groups is 1. The Morgan fingerprint density at radius 3 is 2.94 bits per heavy atom. The summed E-state index contributed by atoms with van der Waals surface area (Å²) in [6.45, 7) is 2.93. The largest absolute Gasteiger partial charge is 0.464 e. The minimum absolute atomic E-state index is 0.182. The quantitative estimate of drug-likeness (QED) is 0.427. The van der Waals surface area contributed by atoms with Gasteiger partial charge in [-0.15, -0.1) is 0 Å². The molecular formula is C10H17N3O4. The lowest BCUT2D eigenvalue weighted by Gasteiger charge is -2.15. The highest BCUT2D eigenvalue weighted by molar-refractivity contribution is 5.92. The molecule has 1 heterocycles. The van der Waals surface area contributed by atoms with Gasteiger partial charge in [-0.1, -0.05) is 5.16 Å². The van der Waals surface area contributed by atoms with Crippen molar-refractivity contribution in [2.24, 2.45) is 5.16 Å². The van der Waals surface area contributed by atoms with Crippen LogP contribution in [0.1, 0.15) is 13.3 Å². The standard InChI is InChI=1S/C10H17N3O4/c1-8(14)17-6-4-11-10(15)13-5-3-9(7-13)12-16-2/h3-7H2,1-2H3,(H,11,15)/b12-9+. The van der Waals surface area contributed by atoms with Crippen LogP contribution >= 0.6 is 0 Å². The Morgan fingerprint density at radius 2 is 2.29 bits per heavy atom. The van der Waals surface area contributed by atoms with Crippen molar-refractivity contribution in [3.8, 4) is 0 Å². The Kier molecular flexibility index (Phi) is 5.25. The van der Waals surface area contributed by atoms with Crippen LogP contribution in [0.3, 0.4) is 0 Å². The third-order valence-corrected chi connectivity index (χ3v) is 2.23. The molecular weight excluding hydrogens is 226 g/mol. The molecule has 0 aromatic heterocycles. The van der Waals surface area contributed by atoms with Gasteiger partial charge in [-0.05, 0) is 0 Å². The van der Waals surface area contributed by atoms with Crippen LogP contribution in [0.2, 0.25) is 0 Å². The molecule has 0 saturated carbocycles. The minimum atomic E-state index is -0.352. The van der Waals surface area contributed by atoms with Gasteiger partial charge in [0.25, 0.3) is 0 Å². The SMILES string of the molecule is CO/N=C1\CCN(C(=O)NCCOC(C)=O)C1. The van der Waals surface area contributed by atoms with Crippen LogP contribution in [0.25, 0.3) is 0 Å². The highest BCUT2D eigenvalue weighted by Gasteiger charge is 2.22. The fourth-order valence-corrected chi connectivity index (χ4v) is 1.48. The van der Waals surface area contributed by atoms with E-state index in [1.807, 2.05) is 0 Å². The zero-order valence-corrected chi connectivity index (χ0v) is 10.1. The third-order valence-electron chi connectivity index (χ3n) is 2.23. The van der Waals surface area contributed by atoms with Gasteiger partial charge < -0.3 is 19.8 Å². The molecule has 0 spiro atoms. The number of oxime groups is 1. The van der Waals surface area contributed by atoms with Gasteiger partial charge in [-0.3, -0.25) is 4.79 Å². The average Bonchev–Trinajstić information content (AvgIpc) is 2.73. The molecule has 0 aromatic carbocycles. The molecule has 0 aromatic rings. The van der Waals surface area contributed by atoms with Crippen molar-refractivity contribution < 1.29 is 19.2 Å². The van der Waals surface area contributed by atoms with Crippen LogP contribution in [-0.4, -0.2) is 56.0 Å². The number of carbonyl (C=O) groups is 2. The van der Waals surface area contributed by atoms with Gasteiger partial charge in [0, 0.05) is 19.9 Å². The van der Waals surface area contributed by atoms with E-state index in [0.29, 0.717) is 19.6 Å². The maximum absolute atomic E-state index is 11.6. The number of hydrogen-bond donors (Lipinski definition) is 1. The zero-order valence-electron chi connectivity index (χ0n) is 10.1. The number of ether oxygens (including phenoxy) is 1. The molecule has 7 heteroatoms. The van der Waals surface area contributed by atoms with Crippen molar-refractivity contribution in [3.63, 3.8) is 0 Å². The topological polar surface area (TPSA) is 80.2 Å². The van der Waals surface area contributed by atoms with E-state index in [4.69, 9.17) is 4.74 Å². The Balaban J connectivity index is 2.21. The first-order valence-electron chi connectivity index (χ1n) is 5.38. The Hall–Kier alpha value is -1.79. The smallest absolute Gasteiger partial charge is 0.317 e. The zero-order chi connectivity index (χ0) is 12.7. The van der Waals surface area contributed by atoms with E-state index in [1.165, 1.54) is 14.0 Å². The molecule has 1 fully saturated rings. The van der Waals surface area contributed by atoms with E-state index in [0.717, 1.165) is 12.1 Å². The first-order chi connectivity index (χ1) is 8.13. The maximum Gasteiger partial charge on any atom is 0.317 e. The van der Waals surface area contributed by atoms with Crippen molar-refractivity contribution in [1.82, 2.24) is 10.2 Å². The van der Waals surface area contributed by atoms with Crippen LogP contribution in [-0.2, 0) is 14.4 Å². The maximum atomic E-state index is 11.6. The predicted octanol–water partition coefficient (Wildman–Crippen LogP) is -0.0328. The van der Waals surface area contributed by atoms with Crippen LogP contribution in [0, 0.1) is 0 Å². The van der Waals surface area contributed by atoms with Crippen molar-refractivity contribution in [3.05, 3.63) is 0 Å². The summed E-state index contributed by atoms with van der Waals surface area (Å²) < 4.78 is 4.70. The molecule has 17 heavy (non-hydrogen) atoms. The van der Waals surface area contributed by atoms with Crippen molar-refractivity contribution in [1.29, 1.82) is 0 Å². The molecule has 0 unspecified atom stereocenters. The second-order valence-corrected chi connectivity index (χ2v) is 3.58. The molecule has 7 nitrogen and oxygen atoms in total. The van der Waals surface area contributed by atoms with E-state index in [2.05, 4.69) is 15.3 Å². The van der Waals surface area contributed by atoms with E-state index < -0.39 is 0 Å². The van der Waals surface area contributed by atoms with Crippen LogP contribution in [0.5, 0.6) is 0 Å². The van der Waals surface area contributed by atoms with Crippen molar-refractivity contribution in [2.45, 2.75) is 13.3 Å². The van der Waals surface area contributed by atoms with Gasteiger partial charge in [0.1, 0.15) is 13.7 Å². The number of nitrogens with one attached hydrogen (secondary N) is 1. The van der Waals surface area contributed by atoms with E-state index in [9.17, 15) is 9.59 Å². The monoisotopic (exact) mass is 243 g/mol. The Labute approximate surface area is 99.7 Å². The number of likely N-dealkylation sites (tertiary alicyclic amines) is 1. The molecule has 1 N–H and O–H groups in total. The average molecular weight is 243 g/mol. The summed E-state index contributed by atoms with van der Waals surface area (Å²) >= 11 is 0. The molecule has 1 aliphatic heterocycles. The fraction of sp³-hybridized carbons (Fsp3) is 0.700. The van der Waals surface area contributed by atoms with Gasteiger partial charge in [0.2, 0.25) is 0 Å². The van der Waals surface area contributed by atoms with Gasteiger partial charge in [0.05, 0.1) is 18.8 Å². The molecule has 1 saturated heterocycles. The number of rotatable bonds is 4. The third kappa shape index (κ3) is 4.71. The predicted molar refractivity (Wildman–Crippen MR) is 60.7 cm³/mol. The number of esters is 1. The minimum Gasteiger partial charge on any atom is -0.464 e. The lowest BCUT2D eigenvalue weighted by atomic mass is 10.3. The van der Waals surface area contributed by atoms with E-state index in [1.54, 1.807) is 4.90 Å². The lowest BCUT2D eigenvalue weighted by Crippen LogP contribution is -2.40. The molecule has 0 bridgehead atoms. The second kappa shape index (κ2) is 6.72. The van der Waals surface area contributed by atoms with Gasteiger partial charge in [-0.25, -0.2) is 4.79 Å². The molecule has 0 atom stereocenters. The van der Waals surface area contributed by atoms with Crippen molar-refractivity contribution >= 4 is 17.7 Å². The summed E-state index contributed by atoms with van der Waals surface area (Å²) in [6.07, 6.45) is 0.727. The van der Waals surface area contributed by atoms with Crippen LogP contribution < -0.4 is 5.32 Å². The number of hydrogen-bond acceptors (Lipinski definition) is 5. The normalized spacial score (nSPS) is 17.1. The fourth-order valence-electron chi connectivity index (χ4n) is 1.48. The Morgan fingerprint density at radius 1 is 1.53 bits per heavy atom. The van der Waals surface area contributed by atoms with E-state index >= 15 is 0 Å². The summed E-state index contributed by atoms with van der Waals surface area (Å²) in [5, 5.41) is 6.46. The summed E-state index contributed by atoms with van der Waals surface area (Å²) in [6, 6.07) is -0.182. The summed E-state index contributed by atoms with van der Waals surface area (Å²) in [4.78, 5) is 28.4. The summed E-state index contributed by atoms with van der Waals surface area (Å²) in [5.41, 5.74) is 0.850. The van der Waals surface area contributed by atoms with Gasteiger partial charge in [0.15, 0.2) is 0 Å². The van der Waals surface area contributed by atoms with Crippen LogP contribution in [0.15, 0.2) is 5.16 Å². The molecule has 0 aliphatic carbocycles. The molecule has 1 aliphatic rings. The Bertz CT molecular complexity index is 317. The van der Waals surface area contributed by atoms with Crippen LogP contribution in [0.4, 0.5) is 4.79 Å². The van der Waals surface area contributed by atoms with Crippen molar-refractivity contribution in [2.75, 3.05) is 33.4 Å². The first-order valence-corrected chi connectivity index (χ1v) is 5.38. The number of nitrogens with zero attached hydrogens (tertiary/aromatic N) is 2. The lowest BCUT2D eigenvalue weighted by molar-refractivity contribution is -0.140. The molecule has 1 rings (SSSR count). The highest BCUT2D eigenvalue weighted by Crippen LogP contribution is 2.06. The second-order valence-electron chi connectivity index (χ2n) is 3.58. The molecule has 0 radical (unpaired) electrons.